The van der Waals surface area contributed by atoms with Crippen LogP contribution < -0.4 is 10.2 Å². The van der Waals surface area contributed by atoms with E-state index in [1.165, 1.54) is 5.69 Å². The minimum atomic E-state index is -0.451. The van der Waals surface area contributed by atoms with Gasteiger partial charge in [-0.2, -0.15) is 0 Å². The Kier molecular flexibility index (Phi) is 7.45. The highest BCUT2D eigenvalue weighted by atomic mass is 16.6. The van der Waals surface area contributed by atoms with Gasteiger partial charge in [-0.15, -0.1) is 0 Å². The van der Waals surface area contributed by atoms with E-state index in [0.717, 1.165) is 64.2 Å². The van der Waals surface area contributed by atoms with Crippen molar-refractivity contribution >= 4 is 23.6 Å². The Morgan fingerprint density at radius 2 is 1.62 bits per heavy atom. The number of nitrogens with one attached hydrogen (secondary N) is 1. The summed E-state index contributed by atoms with van der Waals surface area (Å²) < 4.78 is 5.50. The van der Waals surface area contributed by atoms with Crippen LogP contribution in [0.2, 0.25) is 0 Å². The van der Waals surface area contributed by atoms with Crippen molar-refractivity contribution in [1.29, 1.82) is 0 Å². The van der Waals surface area contributed by atoms with E-state index in [9.17, 15) is 14.4 Å². The van der Waals surface area contributed by atoms with Crippen molar-refractivity contribution in [1.82, 2.24) is 15.1 Å². The van der Waals surface area contributed by atoms with Gasteiger partial charge < -0.3 is 14.5 Å². The molecular weight excluding hydrogens is 432 g/mol. The lowest BCUT2D eigenvalue weighted by atomic mass is 9.90. The molecule has 3 aliphatic rings. The van der Waals surface area contributed by atoms with E-state index >= 15 is 0 Å². The summed E-state index contributed by atoms with van der Waals surface area (Å²) in [4.78, 5) is 42.5. The van der Waals surface area contributed by atoms with Crippen LogP contribution in [0.4, 0.5) is 10.5 Å². The molecule has 1 N–H and O–H groups in total. The third-order valence-electron chi connectivity index (χ3n) is 7.05. The molecule has 0 saturated carbocycles. The van der Waals surface area contributed by atoms with Crippen molar-refractivity contribution in [3.8, 4) is 0 Å². The highest BCUT2D eigenvalue weighted by molar-refractivity contribution is 6.00. The Balaban J connectivity index is 1.20. The zero-order valence-electron chi connectivity index (χ0n) is 20.7. The predicted molar refractivity (Wildman–Crippen MR) is 131 cm³/mol. The van der Waals surface area contributed by atoms with Gasteiger partial charge in [0, 0.05) is 57.9 Å². The number of anilines is 1. The van der Waals surface area contributed by atoms with Gasteiger partial charge >= 0.3 is 6.09 Å². The Morgan fingerprint density at radius 3 is 2.21 bits per heavy atom. The van der Waals surface area contributed by atoms with Crippen molar-refractivity contribution in [2.75, 3.05) is 50.7 Å². The molecule has 0 unspecified atom stereocenters. The summed E-state index contributed by atoms with van der Waals surface area (Å²) in [6.07, 6.45) is 3.09. The van der Waals surface area contributed by atoms with Gasteiger partial charge in [0.25, 0.3) is 0 Å². The molecule has 0 aromatic heterocycles. The Labute approximate surface area is 202 Å². The summed E-state index contributed by atoms with van der Waals surface area (Å²) in [5.74, 6) is 0.0859. The Hall–Kier alpha value is -2.61. The third-order valence-corrected chi connectivity index (χ3v) is 7.05. The number of carbonyl (C=O) groups excluding carboxylic acids is 3. The first-order valence-corrected chi connectivity index (χ1v) is 12.6. The van der Waals surface area contributed by atoms with E-state index in [2.05, 4.69) is 27.2 Å². The summed E-state index contributed by atoms with van der Waals surface area (Å²) in [5, 5.41) is 2.44. The van der Waals surface area contributed by atoms with E-state index in [1.807, 2.05) is 37.8 Å². The fourth-order valence-electron chi connectivity index (χ4n) is 5.11. The van der Waals surface area contributed by atoms with Gasteiger partial charge in [-0.25, -0.2) is 4.79 Å². The summed E-state index contributed by atoms with van der Waals surface area (Å²) >= 11 is 0. The van der Waals surface area contributed by atoms with E-state index in [4.69, 9.17) is 4.74 Å². The molecule has 186 valence electrons. The van der Waals surface area contributed by atoms with Crippen molar-refractivity contribution in [2.24, 2.45) is 5.92 Å². The molecule has 3 fully saturated rings. The predicted octanol–water partition coefficient (Wildman–Crippen LogP) is 2.98. The van der Waals surface area contributed by atoms with E-state index in [-0.39, 0.29) is 23.8 Å². The first kappa shape index (κ1) is 24.5. The lowest BCUT2D eigenvalue weighted by Crippen LogP contribution is -2.51. The molecule has 4 rings (SSSR count). The second-order valence-corrected chi connectivity index (χ2v) is 10.8. The molecule has 3 saturated heterocycles. The van der Waals surface area contributed by atoms with Gasteiger partial charge in [0.05, 0.1) is 5.92 Å². The minimum Gasteiger partial charge on any atom is -0.444 e. The summed E-state index contributed by atoms with van der Waals surface area (Å²) in [6, 6.07) is 8.28. The molecule has 1 atom stereocenters. The quantitative estimate of drug-likeness (QED) is 0.682. The molecule has 0 radical (unpaired) electrons. The van der Waals surface area contributed by atoms with Crippen LogP contribution in [0.3, 0.4) is 0 Å². The van der Waals surface area contributed by atoms with Crippen LogP contribution in [-0.4, -0.2) is 79.1 Å². The van der Waals surface area contributed by atoms with Crippen LogP contribution in [-0.2, 0) is 14.3 Å². The topological polar surface area (TPSA) is 82.2 Å². The van der Waals surface area contributed by atoms with Gasteiger partial charge in [0.2, 0.25) is 11.8 Å². The number of piperidine rings is 2. The van der Waals surface area contributed by atoms with Crippen LogP contribution in [0.1, 0.15) is 57.9 Å². The van der Waals surface area contributed by atoms with Gasteiger partial charge in [-0.1, -0.05) is 12.1 Å². The average molecular weight is 471 g/mol. The highest BCUT2D eigenvalue weighted by Crippen LogP contribution is 2.29. The molecule has 0 aliphatic carbocycles. The van der Waals surface area contributed by atoms with Gasteiger partial charge in [0.15, 0.2) is 0 Å². The first-order chi connectivity index (χ1) is 16.2. The summed E-state index contributed by atoms with van der Waals surface area (Å²) in [7, 11) is 0. The standard InChI is InChI=1S/C26H38N4O4/c1-26(2,3)34-25(33)30-16-14-28(15-17-30)18-19-10-12-29(13-11-19)21-6-4-20(5-7-21)22-8-9-23(31)27-24(22)32/h4-7,19,22H,8-18H2,1-3H3,(H,27,31,32)/t22-/m1/s1. The van der Waals surface area contributed by atoms with Crippen LogP contribution in [0.5, 0.6) is 0 Å². The number of hydrogen-bond donors (Lipinski definition) is 1. The Bertz CT molecular complexity index is 879. The molecule has 1 aromatic carbocycles. The maximum atomic E-state index is 12.3. The van der Waals surface area contributed by atoms with Crippen LogP contribution >= 0.6 is 0 Å². The average Bonchev–Trinajstić information content (AvgIpc) is 2.79. The fourth-order valence-corrected chi connectivity index (χ4v) is 5.11. The lowest BCUT2D eigenvalue weighted by molar-refractivity contribution is -0.134. The molecule has 0 bridgehead atoms. The van der Waals surface area contributed by atoms with Crippen molar-refractivity contribution in [3.05, 3.63) is 29.8 Å². The number of ether oxygens (including phenoxy) is 1. The second kappa shape index (κ2) is 10.3. The van der Waals surface area contributed by atoms with E-state index in [0.29, 0.717) is 18.8 Å². The number of imide groups is 1. The smallest absolute Gasteiger partial charge is 0.410 e. The Morgan fingerprint density at radius 1 is 0.971 bits per heavy atom. The monoisotopic (exact) mass is 470 g/mol. The van der Waals surface area contributed by atoms with Gasteiger partial charge in [-0.3, -0.25) is 19.8 Å². The minimum absolute atomic E-state index is 0.175. The van der Waals surface area contributed by atoms with Crippen molar-refractivity contribution in [2.45, 2.75) is 58.0 Å². The number of rotatable bonds is 4. The number of hydrogen-bond acceptors (Lipinski definition) is 6. The van der Waals surface area contributed by atoms with E-state index < -0.39 is 5.60 Å². The maximum Gasteiger partial charge on any atom is 0.410 e. The molecule has 8 heteroatoms. The number of benzene rings is 1. The number of amides is 3. The molecule has 1 aromatic rings. The molecule has 3 amide bonds. The number of piperazine rings is 1. The molecule has 8 nitrogen and oxygen atoms in total. The third kappa shape index (κ3) is 6.29. The molecule has 0 spiro atoms. The molecule has 3 heterocycles. The van der Waals surface area contributed by atoms with Gasteiger partial charge in [0.1, 0.15) is 5.60 Å². The fraction of sp³-hybridized carbons (Fsp3) is 0.654. The number of carbonyl (C=O) groups is 3. The second-order valence-electron chi connectivity index (χ2n) is 10.8. The molecular formula is C26H38N4O4. The van der Waals surface area contributed by atoms with Crippen LogP contribution in [0.25, 0.3) is 0 Å². The summed E-state index contributed by atoms with van der Waals surface area (Å²) in [5.41, 5.74) is 1.72. The maximum absolute atomic E-state index is 12.3. The first-order valence-electron chi connectivity index (χ1n) is 12.6. The SMILES string of the molecule is CC(C)(C)OC(=O)N1CCN(CC2CCN(c3ccc([C@H]4CCC(=O)NC4=O)cc3)CC2)CC1. The largest absolute Gasteiger partial charge is 0.444 e. The normalized spacial score (nSPS) is 23.1. The number of nitrogens with zero attached hydrogens (tertiary/aromatic N) is 3. The van der Waals surface area contributed by atoms with Crippen LogP contribution in [0.15, 0.2) is 24.3 Å². The van der Waals surface area contributed by atoms with Crippen LogP contribution in [0, 0.1) is 5.92 Å². The molecule has 34 heavy (non-hydrogen) atoms. The van der Waals surface area contributed by atoms with Gasteiger partial charge in [-0.05, 0) is 63.6 Å². The van der Waals surface area contributed by atoms with E-state index in [1.54, 1.807) is 0 Å². The highest BCUT2D eigenvalue weighted by Gasteiger charge is 2.29. The zero-order chi connectivity index (χ0) is 24.3. The lowest BCUT2D eigenvalue weighted by Gasteiger charge is -2.39. The zero-order valence-corrected chi connectivity index (χ0v) is 20.7. The summed E-state index contributed by atoms with van der Waals surface area (Å²) in [6.45, 7) is 12.1. The van der Waals surface area contributed by atoms with Crippen molar-refractivity contribution in [3.63, 3.8) is 0 Å². The molecule has 3 aliphatic heterocycles. The van der Waals surface area contributed by atoms with Crippen molar-refractivity contribution < 1.29 is 19.1 Å².